The Morgan fingerprint density at radius 1 is 1.13 bits per heavy atom. The number of rotatable bonds is 4. The van der Waals surface area contributed by atoms with Gasteiger partial charge in [0.2, 0.25) is 5.91 Å². The standard InChI is InChI=1S/C24H29ClN4O2/c1-18(30)29-22(31)28(16-19-9-14-26-21(25)15-19)17-23(29)10-12-24(13-11-23,27(2)3)20-7-5-4-6-8-20/h4-9,14-15H,10-13,16-17H2,1-3H3. The van der Waals surface area contributed by atoms with Crippen molar-refractivity contribution >= 4 is 23.5 Å². The summed E-state index contributed by atoms with van der Waals surface area (Å²) in [6.07, 6.45) is 4.96. The van der Waals surface area contributed by atoms with Crippen molar-refractivity contribution in [2.24, 2.45) is 0 Å². The number of halogens is 1. The van der Waals surface area contributed by atoms with Crippen LogP contribution in [0.5, 0.6) is 0 Å². The second kappa shape index (κ2) is 8.24. The second-order valence-corrected chi connectivity index (χ2v) is 9.38. The number of carbonyl (C=O) groups excluding carboxylic acids is 2. The van der Waals surface area contributed by atoms with E-state index < -0.39 is 5.54 Å². The topological polar surface area (TPSA) is 56.8 Å². The summed E-state index contributed by atoms with van der Waals surface area (Å²) in [6.45, 7) is 2.46. The van der Waals surface area contributed by atoms with E-state index in [2.05, 4.69) is 48.2 Å². The average molecular weight is 441 g/mol. The maximum Gasteiger partial charge on any atom is 0.327 e. The molecule has 2 heterocycles. The third-order valence-corrected chi connectivity index (χ3v) is 7.28. The Morgan fingerprint density at radius 3 is 2.39 bits per heavy atom. The molecule has 6 nitrogen and oxygen atoms in total. The van der Waals surface area contributed by atoms with E-state index in [1.54, 1.807) is 17.2 Å². The highest BCUT2D eigenvalue weighted by Crippen LogP contribution is 2.49. The van der Waals surface area contributed by atoms with Crippen LogP contribution >= 0.6 is 11.6 Å². The van der Waals surface area contributed by atoms with Crippen LogP contribution in [0, 0.1) is 0 Å². The Kier molecular flexibility index (Phi) is 5.79. The van der Waals surface area contributed by atoms with Gasteiger partial charge in [0.25, 0.3) is 0 Å². The minimum atomic E-state index is -0.464. The molecule has 1 aromatic heterocycles. The monoisotopic (exact) mass is 440 g/mol. The Hall–Kier alpha value is -2.44. The zero-order valence-electron chi connectivity index (χ0n) is 18.3. The van der Waals surface area contributed by atoms with E-state index in [1.807, 2.05) is 12.1 Å². The first-order valence-corrected chi connectivity index (χ1v) is 11.1. The average Bonchev–Trinajstić information content (AvgIpc) is 3.00. The molecule has 0 radical (unpaired) electrons. The van der Waals surface area contributed by atoms with Gasteiger partial charge in [-0.05, 0) is 63.0 Å². The molecule has 7 heteroatoms. The van der Waals surface area contributed by atoms with Crippen molar-refractivity contribution in [2.75, 3.05) is 20.6 Å². The first kappa shape index (κ1) is 21.8. The van der Waals surface area contributed by atoms with Gasteiger partial charge in [-0.1, -0.05) is 41.9 Å². The van der Waals surface area contributed by atoms with E-state index in [-0.39, 0.29) is 17.5 Å². The summed E-state index contributed by atoms with van der Waals surface area (Å²) in [6, 6.07) is 14.0. The molecule has 0 atom stereocenters. The predicted octanol–water partition coefficient (Wildman–Crippen LogP) is 4.29. The molecule has 3 amide bonds. The summed E-state index contributed by atoms with van der Waals surface area (Å²) < 4.78 is 0. The second-order valence-electron chi connectivity index (χ2n) is 9.00. The zero-order chi connectivity index (χ0) is 22.2. The van der Waals surface area contributed by atoms with Gasteiger partial charge in [-0.25, -0.2) is 9.78 Å². The van der Waals surface area contributed by atoms with Crippen LogP contribution in [-0.4, -0.2) is 57.8 Å². The van der Waals surface area contributed by atoms with Crippen molar-refractivity contribution in [1.82, 2.24) is 19.7 Å². The lowest BCUT2D eigenvalue weighted by Crippen LogP contribution is -2.56. The van der Waals surface area contributed by atoms with Crippen LogP contribution in [0.1, 0.15) is 43.7 Å². The van der Waals surface area contributed by atoms with Crippen molar-refractivity contribution in [3.05, 3.63) is 64.9 Å². The Labute approximate surface area is 188 Å². The van der Waals surface area contributed by atoms with Gasteiger partial charge in [-0.3, -0.25) is 14.6 Å². The highest BCUT2D eigenvalue weighted by atomic mass is 35.5. The van der Waals surface area contributed by atoms with E-state index in [0.717, 1.165) is 31.2 Å². The molecule has 0 unspecified atom stereocenters. The van der Waals surface area contributed by atoms with Gasteiger partial charge in [0.1, 0.15) is 5.15 Å². The highest BCUT2D eigenvalue weighted by molar-refractivity contribution is 6.29. The molecule has 2 aromatic rings. The highest BCUT2D eigenvalue weighted by Gasteiger charge is 2.55. The van der Waals surface area contributed by atoms with Gasteiger partial charge in [0, 0.05) is 31.7 Å². The normalized spacial score (nSPS) is 26.2. The molecule has 1 saturated heterocycles. The minimum Gasteiger partial charge on any atom is -0.318 e. The van der Waals surface area contributed by atoms with Crippen LogP contribution in [-0.2, 0) is 16.9 Å². The molecule has 2 aliphatic rings. The number of imide groups is 1. The van der Waals surface area contributed by atoms with Crippen molar-refractivity contribution in [1.29, 1.82) is 0 Å². The van der Waals surface area contributed by atoms with Crippen LogP contribution in [0.4, 0.5) is 4.79 Å². The summed E-state index contributed by atoms with van der Waals surface area (Å²) >= 11 is 6.02. The molecule has 31 heavy (non-hydrogen) atoms. The number of benzene rings is 1. The van der Waals surface area contributed by atoms with E-state index in [0.29, 0.717) is 18.2 Å². The number of nitrogens with zero attached hydrogens (tertiary/aromatic N) is 4. The molecule has 0 N–H and O–H groups in total. The van der Waals surface area contributed by atoms with Gasteiger partial charge < -0.3 is 4.90 Å². The summed E-state index contributed by atoms with van der Waals surface area (Å²) in [5.41, 5.74) is 1.64. The van der Waals surface area contributed by atoms with Crippen molar-refractivity contribution in [3.8, 4) is 0 Å². The van der Waals surface area contributed by atoms with Gasteiger partial charge >= 0.3 is 6.03 Å². The Bertz CT molecular complexity index is 971. The molecular formula is C24H29ClN4O2. The first-order valence-electron chi connectivity index (χ1n) is 10.7. The Balaban J connectivity index is 1.60. The van der Waals surface area contributed by atoms with Crippen LogP contribution in [0.2, 0.25) is 5.15 Å². The summed E-state index contributed by atoms with van der Waals surface area (Å²) in [5.74, 6) is -0.183. The number of amides is 3. The molecule has 0 bridgehead atoms. The van der Waals surface area contributed by atoms with Gasteiger partial charge in [0.15, 0.2) is 0 Å². The van der Waals surface area contributed by atoms with Gasteiger partial charge in [-0.15, -0.1) is 0 Å². The summed E-state index contributed by atoms with van der Waals surface area (Å²) in [7, 11) is 4.24. The third-order valence-electron chi connectivity index (χ3n) is 7.08. The summed E-state index contributed by atoms with van der Waals surface area (Å²) in [5, 5.41) is 0.401. The number of carbonyl (C=O) groups is 2. The lowest BCUT2D eigenvalue weighted by Gasteiger charge is -2.50. The predicted molar refractivity (Wildman–Crippen MR) is 121 cm³/mol. The minimum absolute atomic E-state index is 0.0932. The molecule has 1 aliphatic carbocycles. The first-order chi connectivity index (χ1) is 14.8. The van der Waals surface area contributed by atoms with E-state index >= 15 is 0 Å². The number of hydrogen-bond donors (Lipinski definition) is 0. The van der Waals surface area contributed by atoms with Crippen molar-refractivity contribution in [2.45, 2.75) is 50.2 Å². The third kappa shape index (κ3) is 3.83. The SMILES string of the molecule is CC(=O)N1C(=O)N(Cc2ccnc(Cl)c2)CC12CCC(c1ccccc1)(N(C)C)CC2. The van der Waals surface area contributed by atoms with E-state index in [9.17, 15) is 9.59 Å². The molecule has 1 aliphatic heterocycles. The fourth-order valence-corrected chi connectivity index (χ4v) is 5.64. The van der Waals surface area contributed by atoms with Crippen molar-refractivity contribution < 1.29 is 9.59 Å². The number of aromatic nitrogens is 1. The molecule has 1 spiro atoms. The zero-order valence-corrected chi connectivity index (χ0v) is 19.1. The van der Waals surface area contributed by atoms with Crippen molar-refractivity contribution in [3.63, 3.8) is 0 Å². The fraction of sp³-hybridized carbons (Fsp3) is 0.458. The molecule has 2 fully saturated rings. The van der Waals surface area contributed by atoms with Crippen LogP contribution in [0.3, 0.4) is 0 Å². The van der Waals surface area contributed by atoms with Gasteiger partial charge in [0.05, 0.1) is 5.54 Å². The van der Waals surface area contributed by atoms with Crippen LogP contribution in [0.25, 0.3) is 0 Å². The Morgan fingerprint density at radius 2 is 1.81 bits per heavy atom. The largest absolute Gasteiger partial charge is 0.327 e. The van der Waals surface area contributed by atoms with Crippen LogP contribution < -0.4 is 0 Å². The maximum absolute atomic E-state index is 13.2. The lowest BCUT2D eigenvalue weighted by molar-refractivity contribution is -0.131. The maximum atomic E-state index is 13.2. The quantitative estimate of drug-likeness (QED) is 0.665. The smallest absolute Gasteiger partial charge is 0.318 e. The summed E-state index contributed by atoms with van der Waals surface area (Å²) in [4.78, 5) is 35.4. The number of pyridine rings is 1. The van der Waals surface area contributed by atoms with Crippen LogP contribution in [0.15, 0.2) is 48.7 Å². The molecular weight excluding hydrogens is 412 g/mol. The molecule has 1 saturated carbocycles. The molecule has 164 valence electrons. The molecule has 4 rings (SSSR count). The number of urea groups is 1. The van der Waals surface area contributed by atoms with Gasteiger partial charge in [-0.2, -0.15) is 0 Å². The number of hydrogen-bond acceptors (Lipinski definition) is 4. The lowest BCUT2D eigenvalue weighted by atomic mass is 9.68. The fourth-order valence-electron chi connectivity index (χ4n) is 5.44. The van der Waals surface area contributed by atoms with E-state index in [4.69, 9.17) is 11.6 Å². The van der Waals surface area contributed by atoms with E-state index in [1.165, 1.54) is 17.4 Å². The molecule has 1 aromatic carbocycles.